The summed E-state index contributed by atoms with van der Waals surface area (Å²) < 4.78 is 75.8. The number of aromatic nitrogens is 2. The lowest BCUT2D eigenvalue weighted by molar-refractivity contribution is -0.404. The highest BCUT2D eigenvalue weighted by molar-refractivity contribution is 5.53. The third kappa shape index (κ3) is 12.6. The lowest BCUT2D eigenvalue weighted by atomic mass is 9.94. The minimum atomic E-state index is -2.16. The molecule has 32 heteroatoms. The van der Waals surface area contributed by atoms with E-state index in [0.29, 0.717) is 17.0 Å². The first-order valence-electron chi connectivity index (χ1n) is 25.8. The maximum Gasteiger partial charge on any atom is 0.187 e. The molecule has 24 rings (SSSR count). The first-order chi connectivity index (χ1) is 38.3. The van der Waals surface area contributed by atoms with Crippen molar-refractivity contribution in [3.8, 4) is 11.4 Å². The van der Waals surface area contributed by atoms with Gasteiger partial charge < -0.3 is 148 Å². The van der Waals surface area contributed by atoms with Crippen LogP contribution >= 0.6 is 0 Å². The minimum absolute atomic E-state index is 0.159. The highest BCUT2D eigenvalue weighted by Gasteiger charge is 2.59. The van der Waals surface area contributed by atoms with Gasteiger partial charge in [-0.1, -0.05) is 12.1 Å². The fraction of sp³-hybridized carbons (Fsp3) is 0.792. The van der Waals surface area contributed by atoms with Gasteiger partial charge in [-0.15, -0.1) is 0 Å². The monoisotopic (exact) mass is 1150 g/mol. The first kappa shape index (κ1) is 61.7. The summed E-state index contributed by atoms with van der Waals surface area (Å²) in [6.07, 6.45) is -55.5. The molecule has 30 atom stereocenters. The van der Waals surface area contributed by atoms with Crippen LogP contribution in [0.4, 0.5) is 0 Å². The summed E-state index contributed by atoms with van der Waals surface area (Å²) >= 11 is 0. The molecule has 0 aromatic carbocycles. The molecular formula is C48H70N2O30. The Kier molecular flexibility index (Phi) is 20.5. The third-order valence-electron chi connectivity index (χ3n) is 15.0. The van der Waals surface area contributed by atoms with Crippen LogP contribution < -0.4 is 0 Å². The summed E-state index contributed by atoms with van der Waals surface area (Å²) in [5, 5.41) is 190. The van der Waals surface area contributed by atoms with Gasteiger partial charge in [-0.3, -0.25) is 9.97 Å². The van der Waals surface area contributed by atoms with Gasteiger partial charge in [0.05, 0.1) is 57.6 Å². The second-order valence-electron chi connectivity index (χ2n) is 20.4. The van der Waals surface area contributed by atoms with E-state index in [4.69, 9.17) is 61.6 Å². The van der Waals surface area contributed by atoms with Gasteiger partial charge in [0.1, 0.15) is 146 Å². The number of hydrogen-bond donors (Lipinski definition) is 17. The summed E-state index contributed by atoms with van der Waals surface area (Å²) in [7, 11) is 0. The summed E-state index contributed by atoms with van der Waals surface area (Å²) in [5.41, 5.74) is 2.63. The van der Waals surface area contributed by atoms with Crippen LogP contribution in [0.25, 0.3) is 11.4 Å². The van der Waals surface area contributed by atoms with E-state index >= 15 is 0 Å². The van der Waals surface area contributed by atoms with Crippen LogP contribution in [0.1, 0.15) is 11.1 Å². The van der Waals surface area contributed by atoms with Crippen molar-refractivity contribution < 1.29 is 148 Å². The van der Waals surface area contributed by atoms with Crippen molar-refractivity contribution in [2.75, 3.05) is 39.6 Å². The van der Waals surface area contributed by atoms with Gasteiger partial charge in [0.15, 0.2) is 37.7 Å². The van der Waals surface area contributed by atoms with Gasteiger partial charge in [-0.05, 0) is 30.2 Å². The van der Waals surface area contributed by atoms with Crippen LogP contribution in [0.3, 0.4) is 0 Å². The molecular weight excluding hydrogens is 1080 g/mol. The Labute approximate surface area is 454 Å². The fourth-order valence-electron chi connectivity index (χ4n) is 10.5. The molecule has 17 N–H and O–H groups in total. The smallest absolute Gasteiger partial charge is 0.187 e. The molecule has 0 unspecified atom stereocenters. The zero-order chi connectivity index (χ0) is 57.4. The predicted octanol–water partition coefficient (Wildman–Crippen LogP) is -10.1. The quantitative estimate of drug-likeness (QED) is 0.105. The standard InChI is InChI=1S/C48H70N2O30/c1-15-2-4-17(49-6-15)18-5-3-16(7-50-18)13-68-14-24-42-30(61)36(67)48(74-24)79-41-23(12-55)72-46(34(65)28(41)59)77-39-21(10-53)70-44(32(63)26(39)57)75-37-19(8-51)69-43(31(62)25(37)56)76-38-20(9-52)71-45(33(64)27(38)58)78-40-22(11-54)73-47(80-42)35(66)29(40)60/h2-7,19-48,51-67H,8-14H2,1H3/t19-,20-,21-,22-,23-,24-,25-,26-,27-,28-,29-,30-,31-,32-,33-,34-,35-,36-,37-,38-,39-,40-,41-,42-,43-,44-,45-,46-,47-,48-/m1/s1. The Morgan fingerprint density at radius 1 is 0.338 bits per heavy atom. The van der Waals surface area contributed by atoms with E-state index in [0.717, 1.165) is 5.56 Å². The Morgan fingerprint density at radius 2 is 0.600 bits per heavy atom. The number of rotatable bonds is 10. The maximum absolute atomic E-state index is 11.8. The molecule has 0 spiro atoms. The number of aryl methyl sites for hydroxylation is 1. The van der Waals surface area contributed by atoms with Gasteiger partial charge >= 0.3 is 0 Å². The van der Waals surface area contributed by atoms with Crippen molar-refractivity contribution in [1.82, 2.24) is 9.97 Å². The molecule has 22 aliphatic rings. The molecule has 22 fully saturated rings. The average Bonchev–Trinajstić information content (AvgIpc) is 3.50. The topological polar surface area (TPSA) is 490 Å². The van der Waals surface area contributed by atoms with Crippen LogP contribution in [0.5, 0.6) is 0 Å². The number of pyridine rings is 2. The minimum Gasteiger partial charge on any atom is -0.394 e. The number of ether oxygens (including phenoxy) is 13. The molecule has 0 aliphatic carbocycles. The zero-order valence-corrected chi connectivity index (χ0v) is 42.5. The summed E-state index contributed by atoms with van der Waals surface area (Å²) in [4.78, 5) is 8.82. The van der Waals surface area contributed by atoms with Crippen LogP contribution in [0.15, 0.2) is 36.7 Å². The average molecular weight is 1160 g/mol. The number of aliphatic hydroxyl groups excluding tert-OH is 17. The second-order valence-corrected chi connectivity index (χ2v) is 20.4. The van der Waals surface area contributed by atoms with Gasteiger partial charge in [0.2, 0.25) is 0 Å². The third-order valence-corrected chi connectivity index (χ3v) is 15.0. The van der Waals surface area contributed by atoms with Gasteiger partial charge in [-0.25, -0.2) is 0 Å². The van der Waals surface area contributed by atoms with E-state index in [2.05, 4.69) is 9.97 Å². The molecule has 12 bridgehead atoms. The molecule has 22 saturated heterocycles. The van der Waals surface area contributed by atoms with E-state index in [1.54, 1.807) is 24.4 Å². The molecule has 32 nitrogen and oxygen atoms in total. The lowest BCUT2D eigenvalue weighted by Crippen LogP contribution is -2.69. The van der Waals surface area contributed by atoms with Gasteiger partial charge in [-0.2, -0.15) is 0 Å². The summed E-state index contributed by atoms with van der Waals surface area (Å²) in [5.74, 6) is 0. The normalized spacial score (nSPS) is 47.7. The second kappa shape index (κ2) is 26.6. The molecule has 0 amide bonds. The van der Waals surface area contributed by atoms with E-state index in [9.17, 15) is 86.8 Å². The largest absolute Gasteiger partial charge is 0.394 e. The highest BCUT2D eigenvalue weighted by atomic mass is 16.8. The van der Waals surface area contributed by atoms with Crippen LogP contribution in [-0.2, 0) is 68.2 Å². The van der Waals surface area contributed by atoms with Crippen molar-refractivity contribution in [1.29, 1.82) is 0 Å². The fourth-order valence-corrected chi connectivity index (χ4v) is 10.5. The summed E-state index contributed by atoms with van der Waals surface area (Å²) in [6.45, 7) is -3.82. The Bertz CT molecular complexity index is 2240. The SMILES string of the molecule is Cc1ccc(-c2ccc(COC[C@H]3O[C@@H]4O[C@H]5[C@H](O)[C@@H](O)[C@@H](O[C@H]6[C@H](O)[C@@H](O)[C@@H](O[C@H]7[C@H](O)[C@@H](O)[C@@H](O[C@H]8[C@H](O)[C@@H](O)[C@@H](O[C@H]9[C@H](O)[C@@H](O)[C@@H](O[C@H]3[C@H](O)[C@H]4O)O[C@@H]9CO)O[C@@H]8CO)O[C@@H]7CO)O[C@@H]6CO)O[C@@H]5CO)cn2)nc1. The Balaban J connectivity index is 1.00. The van der Waals surface area contributed by atoms with Crippen LogP contribution in [0, 0.1) is 6.92 Å². The number of nitrogens with zero attached hydrogens (tertiary/aromatic N) is 2. The van der Waals surface area contributed by atoms with Crippen molar-refractivity contribution in [2.24, 2.45) is 0 Å². The van der Waals surface area contributed by atoms with Crippen molar-refractivity contribution >= 4 is 0 Å². The highest BCUT2D eigenvalue weighted by Crippen LogP contribution is 2.38. The zero-order valence-electron chi connectivity index (χ0n) is 42.5. The van der Waals surface area contributed by atoms with Crippen LogP contribution in [0.2, 0.25) is 0 Å². The Morgan fingerprint density at radius 3 is 0.850 bits per heavy atom. The molecule has 2 aromatic heterocycles. The van der Waals surface area contributed by atoms with E-state index < -0.39 is 224 Å². The maximum atomic E-state index is 11.8. The molecule has 0 radical (unpaired) electrons. The van der Waals surface area contributed by atoms with E-state index in [-0.39, 0.29) is 6.61 Å². The van der Waals surface area contributed by atoms with Crippen molar-refractivity contribution in [3.63, 3.8) is 0 Å². The number of aliphatic hydroxyl groups is 17. The number of hydrogen-bond acceptors (Lipinski definition) is 32. The molecule has 80 heavy (non-hydrogen) atoms. The predicted molar refractivity (Wildman–Crippen MR) is 251 cm³/mol. The molecule has 0 saturated carbocycles. The van der Waals surface area contributed by atoms with E-state index in [1.807, 2.05) is 13.0 Å². The van der Waals surface area contributed by atoms with Crippen molar-refractivity contribution in [2.45, 2.75) is 198 Å². The van der Waals surface area contributed by atoms with Crippen molar-refractivity contribution in [3.05, 3.63) is 47.8 Å². The van der Waals surface area contributed by atoms with Gasteiger partial charge in [0, 0.05) is 12.4 Å². The summed E-state index contributed by atoms with van der Waals surface area (Å²) in [6, 6.07) is 7.06. The Hall–Kier alpha value is -2.90. The first-order valence-corrected chi connectivity index (χ1v) is 25.8. The molecule has 22 aliphatic heterocycles. The van der Waals surface area contributed by atoms with E-state index in [1.165, 1.54) is 6.20 Å². The molecule has 2 aromatic rings. The van der Waals surface area contributed by atoms with Crippen LogP contribution in [-0.4, -0.2) is 321 Å². The van der Waals surface area contributed by atoms with Gasteiger partial charge in [0.25, 0.3) is 0 Å². The molecule has 452 valence electrons. The lowest BCUT2D eigenvalue weighted by Gasteiger charge is -2.50. The molecule has 24 heterocycles.